The van der Waals surface area contributed by atoms with E-state index in [9.17, 15) is 19.2 Å². The Balaban J connectivity index is 2.73. The Kier molecular flexibility index (Phi) is 5.72. The number of ketones is 1. The van der Waals surface area contributed by atoms with Crippen LogP contribution in [-0.2, 0) is 24.0 Å². The number of amides is 2. The van der Waals surface area contributed by atoms with Gasteiger partial charge in [0.1, 0.15) is 5.78 Å². The fourth-order valence-corrected chi connectivity index (χ4v) is 2.87. The second kappa shape index (κ2) is 6.81. The maximum absolute atomic E-state index is 12.4. The number of hydroxylamine groups is 2. The van der Waals surface area contributed by atoms with Gasteiger partial charge < -0.3 is 4.84 Å². The summed E-state index contributed by atoms with van der Waals surface area (Å²) in [6.07, 6.45) is 0.915. The second-order valence-corrected chi connectivity index (χ2v) is 7.98. The van der Waals surface area contributed by atoms with Gasteiger partial charge in [0.2, 0.25) is 0 Å². The molecule has 1 heterocycles. The maximum Gasteiger partial charge on any atom is 0.338 e. The van der Waals surface area contributed by atoms with Gasteiger partial charge in [-0.25, -0.2) is 4.79 Å². The molecule has 130 valence electrons. The van der Waals surface area contributed by atoms with E-state index in [-0.39, 0.29) is 30.0 Å². The van der Waals surface area contributed by atoms with Crippen LogP contribution in [0, 0.1) is 16.7 Å². The van der Waals surface area contributed by atoms with Crippen LogP contribution in [-0.4, -0.2) is 28.6 Å². The van der Waals surface area contributed by atoms with Gasteiger partial charge >= 0.3 is 5.97 Å². The summed E-state index contributed by atoms with van der Waals surface area (Å²) in [5.41, 5.74) is -1.30. The van der Waals surface area contributed by atoms with Gasteiger partial charge in [-0.05, 0) is 25.7 Å². The molecule has 0 atom stereocenters. The molecule has 1 rings (SSSR count). The topological polar surface area (TPSA) is 80.8 Å². The van der Waals surface area contributed by atoms with Crippen molar-refractivity contribution in [3.05, 3.63) is 0 Å². The highest BCUT2D eigenvalue weighted by Gasteiger charge is 2.41. The molecule has 1 saturated heterocycles. The van der Waals surface area contributed by atoms with Crippen molar-refractivity contribution in [3.63, 3.8) is 0 Å². The molecule has 2 amide bonds. The number of Topliss-reactive ketones (excluding diaryl/α,β-unsaturated/α-hetero) is 1. The second-order valence-electron chi connectivity index (χ2n) is 7.98. The summed E-state index contributed by atoms with van der Waals surface area (Å²) >= 11 is 0. The Morgan fingerprint density at radius 3 is 2.00 bits per heavy atom. The number of hydrogen-bond acceptors (Lipinski definition) is 5. The highest BCUT2D eigenvalue weighted by molar-refractivity contribution is 6.01. The third-order valence-corrected chi connectivity index (χ3v) is 3.95. The third-order valence-electron chi connectivity index (χ3n) is 3.95. The molecule has 1 aliphatic heterocycles. The van der Waals surface area contributed by atoms with Crippen molar-refractivity contribution in [1.82, 2.24) is 5.06 Å². The van der Waals surface area contributed by atoms with Crippen LogP contribution in [0.25, 0.3) is 0 Å². The van der Waals surface area contributed by atoms with Crippen molar-refractivity contribution < 1.29 is 24.0 Å². The van der Waals surface area contributed by atoms with E-state index in [2.05, 4.69) is 0 Å². The Morgan fingerprint density at radius 1 is 1.09 bits per heavy atom. The lowest BCUT2D eigenvalue weighted by Crippen LogP contribution is -2.40. The molecule has 1 fully saturated rings. The van der Waals surface area contributed by atoms with E-state index in [4.69, 9.17) is 4.84 Å². The van der Waals surface area contributed by atoms with E-state index < -0.39 is 23.2 Å². The van der Waals surface area contributed by atoms with Crippen molar-refractivity contribution in [2.75, 3.05) is 0 Å². The predicted molar refractivity (Wildman–Crippen MR) is 83.8 cm³/mol. The molecule has 0 aromatic heterocycles. The standard InChI is InChI=1S/C17H27NO5/c1-11(2)12(19)9-16(3,4)10-17(5,6)15(22)23-18-13(20)7-8-14(18)21/h11H,7-10H2,1-6H3. The molecule has 0 aromatic carbocycles. The fraction of sp³-hybridized carbons (Fsp3) is 0.765. The summed E-state index contributed by atoms with van der Waals surface area (Å²) < 4.78 is 0. The largest absolute Gasteiger partial charge is 0.338 e. The van der Waals surface area contributed by atoms with Crippen LogP contribution in [0.1, 0.15) is 67.2 Å². The molecule has 23 heavy (non-hydrogen) atoms. The summed E-state index contributed by atoms with van der Waals surface area (Å²) in [4.78, 5) is 52.4. The van der Waals surface area contributed by atoms with Crippen molar-refractivity contribution in [3.8, 4) is 0 Å². The minimum absolute atomic E-state index is 0.0517. The number of hydrogen-bond donors (Lipinski definition) is 0. The van der Waals surface area contributed by atoms with Crippen LogP contribution < -0.4 is 0 Å². The van der Waals surface area contributed by atoms with Crippen LogP contribution in [0.5, 0.6) is 0 Å². The molecule has 0 aliphatic carbocycles. The molecule has 0 saturated carbocycles. The lowest BCUT2D eigenvalue weighted by Gasteiger charge is -2.33. The Bertz CT molecular complexity index is 503. The maximum atomic E-state index is 12.4. The molecule has 0 spiro atoms. The van der Waals surface area contributed by atoms with Crippen molar-refractivity contribution >= 4 is 23.6 Å². The van der Waals surface area contributed by atoms with Gasteiger partial charge in [0.25, 0.3) is 11.8 Å². The van der Waals surface area contributed by atoms with Crippen LogP contribution in [0.4, 0.5) is 0 Å². The Morgan fingerprint density at radius 2 is 1.57 bits per heavy atom. The van der Waals surface area contributed by atoms with E-state index in [0.717, 1.165) is 0 Å². The Hall–Kier alpha value is -1.72. The summed E-state index contributed by atoms with van der Waals surface area (Å²) in [7, 11) is 0. The van der Waals surface area contributed by atoms with Crippen LogP contribution in [0.3, 0.4) is 0 Å². The Labute approximate surface area is 137 Å². The quantitative estimate of drug-likeness (QED) is 0.672. The minimum atomic E-state index is -0.913. The van der Waals surface area contributed by atoms with Crippen LogP contribution in [0.2, 0.25) is 0 Å². The average molecular weight is 325 g/mol. The van der Waals surface area contributed by atoms with Crippen LogP contribution >= 0.6 is 0 Å². The summed E-state index contributed by atoms with van der Waals surface area (Å²) in [6.45, 7) is 10.9. The first-order valence-electron chi connectivity index (χ1n) is 7.97. The van der Waals surface area contributed by atoms with Gasteiger partial charge in [-0.3, -0.25) is 14.4 Å². The number of imide groups is 1. The summed E-state index contributed by atoms with van der Waals surface area (Å²) in [5, 5.41) is 0.566. The van der Waals surface area contributed by atoms with E-state index >= 15 is 0 Å². The van der Waals surface area contributed by atoms with Crippen LogP contribution in [0.15, 0.2) is 0 Å². The lowest BCUT2D eigenvalue weighted by atomic mass is 9.72. The van der Waals surface area contributed by atoms with Crippen molar-refractivity contribution in [1.29, 1.82) is 0 Å². The smallest absolute Gasteiger partial charge is 0.330 e. The van der Waals surface area contributed by atoms with Gasteiger partial charge in [-0.15, -0.1) is 5.06 Å². The average Bonchev–Trinajstić information content (AvgIpc) is 2.68. The van der Waals surface area contributed by atoms with E-state index in [1.165, 1.54) is 0 Å². The number of carbonyl (C=O) groups excluding carboxylic acids is 4. The molecule has 1 aliphatic rings. The van der Waals surface area contributed by atoms with Gasteiger partial charge in [-0.1, -0.05) is 27.7 Å². The number of nitrogens with zero attached hydrogens (tertiary/aromatic N) is 1. The lowest BCUT2D eigenvalue weighted by molar-refractivity contribution is -0.205. The zero-order valence-electron chi connectivity index (χ0n) is 14.9. The zero-order chi connectivity index (χ0) is 18.0. The first-order chi connectivity index (χ1) is 10.4. The molecule has 0 radical (unpaired) electrons. The molecular weight excluding hydrogens is 298 g/mol. The monoisotopic (exact) mass is 325 g/mol. The van der Waals surface area contributed by atoms with Crippen molar-refractivity contribution in [2.24, 2.45) is 16.7 Å². The third kappa shape index (κ3) is 5.15. The number of rotatable bonds is 7. The zero-order valence-corrected chi connectivity index (χ0v) is 14.9. The van der Waals surface area contributed by atoms with Gasteiger partial charge in [0, 0.05) is 25.2 Å². The molecular formula is C17H27NO5. The minimum Gasteiger partial charge on any atom is -0.330 e. The first-order valence-corrected chi connectivity index (χ1v) is 7.97. The van der Waals surface area contributed by atoms with Gasteiger partial charge in [0.05, 0.1) is 5.41 Å². The predicted octanol–water partition coefficient (Wildman–Crippen LogP) is 2.65. The van der Waals surface area contributed by atoms with Crippen molar-refractivity contribution in [2.45, 2.75) is 67.2 Å². The normalized spacial score (nSPS) is 16.2. The molecule has 6 heteroatoms. The molecule has 0 N–H and O–H groups in total. The fourth-order valence-electron chi connectivity index (χ4n) is 2.87. The highest BCUT2D eigenvalue weighted by Crippen LogP contribution is 2.38. The van der Waals surface area contributed by atoms with E-state index in [1.54, 1.807) is 13.8 Å². The molecule has 0 bridgehead atoms. The highest BCUT2D eigenvalue weighted by atomic mass is 16.7. The summed E-state index contributed by atoms with van der Waals surface area (Å²) in [5.74, 6) is -1.53. The molecule has 6 nitrogen and oxygen atoms in total. The number of carbonyl (C=O) groups is 4. The van der Waals surface area contributed by atoms with E-state index in [1.807, 2.05) is 27.7 Å². The first kappa shape index (κ1) is 19.3. The SMILES string of the molecule is CC(C)C(=O)CC(C)(C)CC(C)(C)C(=O)ON1C(=O)CCC1=O. The summed E-state index contributed by atoms with van der Waals surface area (Å²) in [6, 6.07) is 0. The van der Waals surface area contributed by atoms with E-state index in [0.29, 0.717) is 17.9 Å². The molecule has 0 aromatic rings. The van der Waals surface area contributed by atoms with Gasteiger partial charge in [0.15, 0.2) is 0 Å². The van der Waals surface area contributed by atoms with Gasteiger partial charge in [-0.2, -0.15) is 0 Å². The molecule has 0 unspecified atom stereocenters.